The molecule has 5 heteroatoms. The van der Waals surface area contributed by atoms with E-state index in [4.69, 9.17) is 16.7 Å². The normalized spacial score (nSPS) is 9.81. The van der Waals surface area contributed by atoms with Crippen LogP contribution in [-0.4, -0.2) is 22.9 Å². The fourth-order valence-corrected chi connectivity index (χ4v) is 1.36. The van der Waals surface area contributed by atoms with Gasteiger partial charge in [-0.1, -0.05) is 12.1 Å². The van der Waals surface area contributed by atoms with Crippen LogP contribution in [0.1, 0.15) is 22.3 Å². The van der Waals surface area contributed by atoms with Gasteiger partial charge in [0, 0.05) is 18.8 Å². The van der Waals surface area contributed by atoms with Crippen molar-refractivity contribution in [1.29, 1.82) is 0 Å². The number of hydrogen-bond donors (Lipinski definition) is 2. The Morgan fingerprint density at radius 3 is 2.75 bits per heavy atom. The van der Waals surface area contributed by atoms with E-state index in [0.29, 0.717) is 6.54 Å². The van der Waals surface area contributed by atoms with E-state index in [0.717, 1.165) is 5.56 Å². The van der Waals surface area contributed by atoms with Crippen LogP contribution in [0, 0.1) is 0 Å². The average Bonchev–Trinajstić information content (AvgIpc) is 2.27. The molecule has 0 aliphatic rings. The molecule has 0 aliphatic carbocycles. The third kappa shape index (κ3) is 3.90. The molecule has 0 aliphatic heterocycles. The second-order valence-electron chi connectivity index (χ2n) is 3.22. The van der Waals surface area contributed by atoms with Crippen LogP contribution in [0.15, 0.2) is 24.3 Å². The number of aromatic carboxylic acids is 1. The monoisotopic (exact) mass is 241 g/mol. The van der Waals surface area contributed by atoms with Crippen molar-refractivity contribution in [2.45, 2.75) is 13.0 Å². The molecule has 1 amide bonds. The lowest BCUT2D eigenvalue weighted by atomic mass is 10.1. The van der Waals surface area contributed by atoms with Gasteiger partial charge in [0.15, 0.2) is 0 Å². The van der Waals surface area contributed by atoms with Crippen molar-refractivity contribution in [3.8, 4) is 0 Å². The van der Waals surface area contributed by atoms with E-state index in [-0.39, 0.29) is 23.8 Å². The zero-order chi connectivity index (χ0) is 12.0. The van der Waals surface area contributed by atoms with E-state index in [1.165, 1.54) is 12.1 Å². The molecular weight excluding hydrogens is 230 g/mol. The summed E-state index contributed by atoms with van der Waals surface area (Å²) in [7, 11) is 0. The summed E-state index contributed by atoms with van der Waals surface area (Å²) in [5.74, 6) is -0.842. The van der Waals surface area contributed by atoms with Crippen LogP contribution in [-0.2, 0) is 11.3 Å². The molecule has 86 valence electrons. The van der Waals surface area contributed by atoms with Gasteiger partial charge in [0.05, 0.1) is 5.56 Å². The zero-order valence-corrected chi connectivity index (χ0v) is 9.33. The quantitative estimate of drug-likeness (QED) is 0.770. The van der Waals surface area contributed by atoms with Gasteiger partial charge >= 0.3 is 5.97 Å². The molecule has 4 nitrogen and oxygen atoms in total. The first-order valence-electron chi connectivity index (χ1n) is 4.78. The maximum absolute atomic E-state index is 11.1. The summed E-state index contributed by atoms with van der Waals surface area (Å²) in [6, 6.07) is 6.44. The van der Waals surface area contributed by atoms with Gasteiger partial charge < -0.3 is 10.4 Å². The number of halogens is 1. The molecule has 0 spiro atoms. The predicted octanol–water partition coefficient (Wildman–Crippen LogP) is 1.63. The number of amides is 1. The molecule has 0 bridgehead atoms. The van der Waals surface area contributed by atoms with Gasteiger partial charge in [0.2, 0.25) is 5.91 Å². The van der Waals surface area contributed by atoms with Crippen molar-refractivity contribution in [2.75, 3.05) is 5.88 Å². The van der Waals surface area contributed by atoms with Gasteiger partial charge in [-0.05, 0) is 17.7 Å². The maximum atomic E-state index is 11.1. The Balaban J connectivity index is 2.57. The first-order chi connectivity index (χ1) is 7.63. The highest BCUT2D eigenvalue weighted by molar-refractivity contribution is 6.18. The lowest BCUT2D eigenvalue weighted by molar-refractivity contribution is -0.120. The van der Waals surface area contributed by atoms with Crippen LogP contribution in [0.5, 0.6) is 0 Å². The van der Waals surface area contributed by atoms with Gasteiger partial charge in [-0.25, -0.2) is 4.79 Å². The Bertz CT molecular complexity index is 393. The first-order valence-corrected chi connectivity index (χ1v) is 5.32. The highest BCUT2D eigenvalue weighted by Gasteiger charge is 2.04. The molecule has 0 heterocycles. The topological polar surface area (TPSA) is 66.4 Å². The highest BCUT2D eigenvalue weighted by atomic mass is 35.5. The number of hydrogen-bond acceptors (Lipinski definition) is 2. The van der Waals surface area contributed by atoms with Crippen molar-refractivity contribution >= 4 is 23.5 Å². The van der Waals surface area contributed by atoms with Crippen molar-refractivity contribution in [3.05, 3.63) is 35.4 Å². The molecule has 0 atom stereocenters. The lowest BCUT2D eigenvalue weighted by Crippen LogP contribution is -2.22. The van der Waals surface area contributed by atoms with E-state index >= 15 is 0 Å². The second kappa shape index (κ2) is 6.12. The number of carboxylic acids is 1. The Hall–Kier alpha value is -1.55. The van der Waals surface area contributed by atoms with E-state index in [1.54, 1.807) is 12.1 Å². The third-order valence-corrected chi connectivity index (χ3v) is 2.17. The minimum Gasteiger partial charge on any atom is -0.478 e. The van der Waals surface area contributed by atoms with Crippen LogP contribution < -0.4 is 5.32 Å². The fourth-order valence-electron chi connectivity index (χ4n) is 1.19. The minimum absolute atomic E-state index is 0.143. The smallest absolute Gasteiger partial charge is 0.335 e. The Morgan fingerprint density at radius 2 is 2.12 bits per heavy atom. The number of benzene rings is 1. The summed E-state index contributed by atoms with van der Waals surface area (Å²) >= 11 is 5.41. The molecule has 0 radical (unpaired) electrons. The number of alkyl halides is 1. The molecular formula is C11H12ClNO3. The van der Waals surface area contributed by atoms with Crippen molar-refractivity contribution in [1.82, 2.24) is 5.32 Å². The molecule has 0 saturated heterocycles. The van der Waals surface area contributed by atoms with Gasteiger partial charge in [-0.2, -0.15) is 0 Å². The summed E-state index contributed by atoms with van der Waals surface area (Å²) < 4.78 is 0. The molecule has 0 aromatic heterocycles. The molecule has 0 unspecified atom stereocenters. The van der Waals surface area contributed by atoms with Gasteiger partial charge in [0.25, 0.3) is 0 Å². The van der Waals surface area contributed by atoms with E-state index in [2.05, 4.69) is 5.32 Å². The molecule has 1 rings (SSSR count). The predicted molar refractivity (Wildman–Crippen MR) is 60.6 cm³/mol. The van der Waals surface area contributed by atoms with Gasteiger partial charge in [-0.15, -0.1) is 11.6 Å². The number of rotatable bonds is 5. The first kappa shape index (κ1) is 12.5. The highest BCUT2D eigenvalue weighted by Crippen LogP contribution is 2.05. The second-order valence-corrected chi connectivity index (χ2v) is 3.60. The maximum Gasteiger partial charge on any atom is 0.335 e. The van der Waals surface area contributed by atoms with Crippen LogP contribution in [0.4, 0.5) is 0 Å². The lowest BCUT2D eigenvalue weighted by Gasteiger charge is -2.04. The number of carbonyl (C=O) groups is 2. The SMILES string of the molecule is O=C(CCCl)NCc1cccc(C(=O)O)c1. The molecule has 1 aromatic carbocycles. The Labute approximate surface area is 98.2 Å². The molecule has 2 N–H and O–H groups in total. The van der Waals surface area contributed by atoms with E-state index in [1.807, 2.05) is 0 Å². The van der Waals surface area contributed by atoms with Crippen molar-refractivity contribution < 1.29 is 14.7 Å². The third-order valence-electron chi connectivity index (χ3n) is 1.99. The van der Waals surface area contributed by atoms with Crippen molar-refractivity contribution in [3.63, 3.8) is 0 Å². The number of nitrogens with one attached hydrogen (secondary N) is 1. The van der Waals surface area contributed by atoms with Crippen molar-refractivity contribution in [2.24, 2.45) is 0 Å². The molecule has 1 aromatic rings. The number of carbonyl (C=O) groups excluding carboxylic acids is 1. The molecule has 0 fully saturated rings. The Morgan fingerprint density at radius 1 is 1.38 bits per heavy atom. The molecule has 0 saturated carbocycles. The largest absolute Gasteiger partial charge is 0.478 e. The van der Waals surface area contributed by atoms with Crippen LogP contribution in [0.25, 0.3) is 0 Å². The van der Waals surface area contributed by atoms with Crippen LogP contribution >= 0.6 is 11.6 Å². The summed E-state index contributed by atoms with van der Waals surface area (Å²) in [6.07, 6.45) is 0.264. The van der Waals surface area contributed by atoms with Gasteiger partial charge in [-0.3, -0.25) is 4.79 Å². The summed E-state index contributed by atoms with van der Waals surface area (Å²) in [5.41, 5.74) is 0.965. The molecule has 16 heavy (non-hydrogen) atoms. The summed E-state index contributed by atoms with van der Waals surface area (Å²) in [6.45, 7) is 0.316. The number of carboxylic acid groups (broad SMARTS) is 1. The van der Waals surface area contributed by atoms with Crippen LogP contribution in [0.3, 0.4) is 0 Å². The van der Waals surface area contributed by atoms with E-state index < -0.39 is 5.97 Å². The average molecular weight is 242 g/mol. The summed E-state index contributed by atoms with van der Waals surface area (Å²) in [4.78, 5) is 21.8. The zero-order valence-electron chi connectivity index (χ0n) is 8.57. The summed E-state index contributed by atoms with van der Waals surface area (Å²) in [5, 5.41) is 11.4. The van der Waals surface area contributed by atoms with E-state index in [9.17, 15) is 9.59 Å². The van der Waals surface area contributed by atoms with Crippen LogP contribution in [0.2, 0.25) is 0 Å². The standard InChI is InChI=1S/C11H12ClNO3/c12-5-4-10(14)13-7-8-2-1-3-9(6-8)11(15)16/h1-3,6H,4-5,7H2,(H,13,14)(H,15,16). The van der Waals surface area contributed by atoms with Gasteiger partial charge in [0.1, 0.15) is 0 Å². The Kier molecular flexibility index (Phi) is 4.79. The fraction of sp³-hybridized carbons (Fsp3) is 0.273. The minimum atomic E-state index is -0.978.